The number of hydrogen-bond donors (Lipinski definition) is 0. The molecular weight excluding hydrogens is 402 g/mol. The summed E-state index contributed by atoms with van der Waals surface area (Å²) in [4.78, 5) is 0.762. The SMILES string of the molecule is CC(C)C(Br)[CH]([AlH2])CCCCCCCCCI. The van der Waals surface area contributed by atoms with Crippen molar-refractivity contribution in [2.24, 2.45) is 5.92 Å². The first-order valence-corrected chi connectivity index (χ1v) is 10.9. The molecular formula is C14H29AlBrI. The molecule has 0 bridgehead atoms. The molecule has 0 N–H and O–H groups in total. The maximum atomic E-state index is 3.85. The van der Waals surface area contributed by atoms with Gasteiger partial charge in [-0.3, -0.25) is 0 Å². The van der Waals surface area contributed by atoms with Crippen molar-refractivity contribution in [3.63, 3.8) is 0 Å². The van der Waals surface area contributed by atoms with Gasteiger partial charge in [0, 0.05) is 4.83 Å². The molecule has 0 heterocycles. The van der Waals surface area contributed by atoms with Crippen LogP contribution in [0.2, 0.25) is 4.78 Å². The standard InChI is InChI=1S/C14H27BrI.Al.2H/c1-13(2)14(15)11-9-7-5-3-4-6-8-10-12-16;;;/h11,13-14H,3-10,12H2,1-2H3;;;. The molecule has 0 aliphatic rings. The summed E-state index contributed by atoms with van der Waals surface area (Å²) < 4.78 is 2.30. The van der Waals surface area contributed by atoms with Crippen LogP contribution in [0.4, 0.5) is 0 Å². The van der Waals surface area contributed by atoms with Gasteiger partial charge in [-0.05, 0) is 16.8 Å². The lowest BCUT2D eigenvalue weighted by Gasteiger charge is -2.21. The van der Waals surface area contributed by atoms with E-state index in [1.165, 1.54) is 72.1 Å². The van der Waals surface area contributed by atoms with E-state index in [-0.39, 0.29) is 0 Å². The van der Waals surface area contributed by atoms with Gasteiger partial charge in [-0.15, -0.1) is 0 Å². The zero-order valence-corrected chi connectivity index (χ0v) is 17.6. The van der Waals surface area contributed by atoms with Gasteiger partial charge in [0.15, 0.2) is 0 Å². The molecule has 0 amide bonds. The van der Waals surface area contributed by atoms with Crippen LogP contribution < -0.4 is 0 Å². The van der Waals surface area contributed by atoms with E-state index in [1.807, 2.05) is 0 Å². The van der Waals surface area contributed by atoms with E-state index >= 15 is 0 Å². The van der Waals surface area contributed by atoms with Crippen LogP contribution in [-0.4, -0.2) is 25.5 Å². The molecule has 2 unspecified atom stereocenters. The Balaban J connectivity index is 3.27. The highest BCUT2D eigenvalue weighted by molar-refractivity contribution is 14.1. The van der Waals surface area contributed by atoms with Gasteiger partial charge in [0.2, 0.25) is 16.3 Å². The van der Waals surface area contributed by atoms with Gasteiger partial charge in [-0.25, -0.2) is 0 Å². The third-order valence-corrected chi connectivity index (χ3v) is 8.47. The number of rotatable bonds is 11. The third kappa shape index (κ3) is 11.3. The van der Waals surface area contributed by atoms with Crippen LogP contribution in [-0.2, 0) is 0 Å². The second-order valence-corrected chi connectivity index (χ2v) is 9.24. The van der Waals surface area contributed by atoms with Crippen molar-refractivity contribution in [2.45, 2.75) is 74.8 Å². The summed E-state index contributed by atoms with van der Waals surface area (Å²) in [5.74, 6) is 0.797. The molecule has 2 atom stereocenters. The van der Waals surface area contributed by atoms with Gasteiger partial charge < -0.3 is 0 Å². The first-order valence-electron chi connectivity index (χ1n) is 7.29. The molecule has 0 fully saturated rings. The summed E-state index contributed by atoms with van der Waals surface area (Å²) in [5, 5.41) is 0. The minimum atomic E-state index is 0.762. The predicted molar refractivity (Wildman–Crippen MR) is 95.7 cm³/mol. The van der Waals surface area contributed by atoms with Crippen LogP contribution >= 0.6 is 38.5 Å². The Hall–Kier alpha value is 1.74. The van der Waals surface area contributed by atoms with Crippen molar-refractivity contribution in [3.05, 3.63) is 0 Å². The van der Waals surface area contributed by atoms with E-state index in [4.69, 9.17) is 0 Å². The topological polar surface area (TPSA) is 0 Å². The summed E-state index contributed by atoms with van der Waals surface area (Å²) in [6.07, 6.45) is 11.6. The monoisotopic (exact) mass is 430 g/mol. The average molecular weight is 431 g/mol. The minimum absolute atomic E-state index is 0.762. The number of alkyl halides is 2. The van der Waals surface area contributed by atoms with Crippen molar-refractivity contribution in [2.75, 3.05) is 4.43 Å². The Kier molecular flexibility index (Phi) is 14.1. The second kappa shape index (κ2) is 12.8. The molecule has 0 aliphatic carbocycles. The van der Waals surface area contributed by atoms with Crippen molar-refractivity contribution in [1.29, 1.82) is 0 Å². The molecule has 0 aromatic heterocycles. The smallest absolute Gasteiger partial charge is 0.0898 e. The van der Waals surface area contributed by atoms with Gasteiger partial charge in [0.1, 0.15) is 0 Å². The predicted octanol–water partition coefficient (Wildman–Crippen LogP) is 5.38. The summed E-state index contributed by atoms with van der Waals surface area (Å²) in [7, 11) is 0. The maximum absolute atomic E-state index is 3.85. The second-order valence-electron chi connectivity index (χ2n) is 5.62. The molecule has 0 rings (SSSR count). The summed E-state index contributed by atoms with van der Waals surface area (Å²) in [5.41, 5.74) is 0. The third-order valence-electron chi connectivity index (χ3n) is 3.47. The highest BCUT2D eigenvalue weighted by Gasteiger charge is 2.16. The van der Waals surface area contributed by atoms with E-state index in [2.05, 4.69) is 52.4 Å². The van der Waals surface area contributed by atoms with E-state index in [1.54, 1.807) is 0 Å². The fourth-order valence-electron chi connectivity index (χ4n) is 2.26. The summed E-state index contributed by atoms with van der Waals surface area (Å²) in [6, 6.07) is 0. The van der Waals surface area contributed by atoms with Crippen molar-refractivity contribution in [1.82, 2.24) is 0 Å². The van der Waals surface area contributed by atoms with Crippen LogP contribution in [0, 0.1) is 5.92 Å². The zero-order valence-electron chi connectivity index (χ0n) is 11.9. The van der Waals surface area contributed by atoms with Gasteiger partial charge in [0.25, 0.3) is 0 Å². The van der Waals surface area contributed by atoms with Gasteiger partial charge in [-0.2, -0.15) is 0 Å². The average Bonchev–Trinajstić information content (AvgIpc) is 2.31. The van der Waals surface area contributed by atoms with Gasteiger partial charge in [0.05, 0.1) is 0 Å². The summed E-state index contributed by atoms with van der Waals surface area (Å²) in [6.45, 7) is 4.66. The molecule has 102 valence electrons. The number of unbranched alkanes of at least 4 members (excludes halogenated alkanes) is 6. The number of hydrogen-bond acceptors (Lipinski definition) is 0. The fraction of sp³-hybridized carbons (Fsp3) is 1.00. The zero-order chi connectivity index (χ0) is 13.1. The molecule has 0 saturated carbocycles. The van der Waals surface area contributed by atoms with Crippen LogP contribution in [0.5, 0.6) is 0 Å². The molecule has 0 saturated heterocycles. The van der Waals surface area contributed by atoms with Crippen molar-refractivity contribution >= 4 is 54.8 Å². The van der Waals surface area contributed by atoms with E-state index < -0.39 is 0 Å². The Morgan fingerprint density at radius 1 is 0.941 bits per heavy atom. The van der Waals surface area contributed by atoms with E-state index in [9.17, 15) is 0 Å². The molecule has 0 radical (unpaired) electrons. The van der Waals surface area contributed by atoms with Gasteiger partial charge >= 0.3 is 0 Å². The first kappa shape index (κ1) is 18.7. The number of halogens is 2. The Bertz CT molecular complexity index is 164. The lowest BCUT2D eigenvalue weighted by molar-refractivity contribution is 0.523. The molecule has 0 nitrogen and oxygen atoms in total. The molecule has 3 heteroatoms. The molecule has 17 heavy (non-hydrogen) atoms. The van der Waals surface area contributed by atoms with Crippen molar-refractivity contribution in [3.8, 4) is 0 Å². The largest absolute Gasteiger partial charge is 0.218 e. The van der Waals surface area contributed by atoms with Crippen LogP contribution in [0.25, 0.3) is 0 Å². The van der Waals surface area contributed by atoms with Crippen LogP contribution in [0.3, 0.4) is 0 Å². The fourth-order valence-corrected chi connectivity index (χ4v) is 4.24. The summed E-state index contributed by atoms with van der Waals surface area (Å²) >= 11 is 7.68. The van der Waals surface area contributed by atoms with Crippen LogP contribution in [0.15, 0.2) is 0 Å². The lowest BCUT2D eigenvalue weighted by Crippen LogP contribution is -2.15. The molecule has 0 aliphatic heterocycles. The highest BCUT2D eigenvalue weighted by atomic mass is 127. The van der Waals surface area contributed by atoms with E-state index in [0.29, 0.717) is 0 Å². The lowest BCUT2D eigenvalue weighted by atomic mass is 10.0. The normalized spacial score (nSPS) is 15.1. The quantitative estimate of drug-likeness (QED) is 0.178. The van der Waals surface area contributed by atoms with E-state index in [0.717, 1.165) is 15.5 Å². The first-order chi connectivity index (χ1) is 8.09. The minimum Gasteiger partial charge on any atom is -0.0898 e. The molecule has 0 aromatic carbocycles. The molecule has 0 spiro atoms. The van der Waals surface area contributed by atoms with Crippen LogP contribution in [0.1, 0.15) is 65.2 Å². The Morgan fingerprint density at radius 2 is 1.41 bits per heavy atom. The Morgan fingerprint density at radius 3 is 1.88 bits per heavy atom. The maximum Gasteiger partial charge on any atom is 0.218 e. The van der Waals surface area contributed by atoms with Crippen molar-refractivity contribution < 1.29 is 0 Å². The highest BCUT2D eigenvalue weighted by Crippen LogP contribution is 2.28. The molecule has 0 aromatic rings. The Labute approximate surface area is 139 Å². The van der Waals surface area contributed by atoms with Gasteiger partial charge in [-0.1, -0.05) is 102 Å².